The number of carbonyl (C=O) groups excluding carboxylic acids is 2. The van der Waals surface area contributed by atoms with E-state index < -0.39 is 33.4 Å². The van der Waals surface area contributed by atoms with E-state index in [2.05, 4.69) is 17.0 Å². The van der Waals surface area contributed by atoms with E-state index in [4.69, 9.17) is 0 Å². The van der Waals surface area contributed by atoms with Gasteiger partial charge < -0.3 is 5.32 Å². The van der Waals surface area contributed by atoms with Gasteiger partial charge in [0.25, 0.3) is 11.8 Å². The lowest BCUT2D eigenvalue weighted by molar-refractivity contribution is -0.130. The predicted molar refractivity (Wildman–Crippen MR) is 66.1 cm³/mol. The fraction of sp³-hybridized carbons (Fsp3) is 0.500. The van der Waals surface area contributed by atoms with Crippen LogP contribution in [0.1, 0.15) is 13.8 Å². The summed E-state index contributed by atoms with van der Waals surface area (Å²) < 4.78 is 22.2. The monoisotopic (exact) mass is 273 g/mol. The summed E-state index contributed by atoms with van der Waals surface area (Å²) >= 11 is 0. The molecular weight excluding hydrogens is 258 g/mol. The van der Waals surface area contributed by atoms with Crippen molar-refractivity contribution in [1.29, 1.82) is 0 Å². The van der Waals surface area contributed by atoms with Crippen LogP contribution in [-0.4, -0.2) is 43.2 Å². The Kier molecular flexibility index (Phi) is 3.90. The van der Waals surface area contributed by atoms with Crippen molar-refractivity contribution >= 4 is 27.5 Å². The van der Waals surface area contributed by atoms with E-state index in [0.717, 1.165) is 11.3 Å². The van der Waals surface area contributed by atoms with Crippen LogP contribution in [0, 0.1) is 5.92 Å². The van der Waals surface area contributed by atoms with Gasteiger partial charge in [0.2, 0.25) is 0 Å². The SMILES string of the molecule is C=C(C)C(=O)NC1=NN(CS(C)(=O)=O)C(=O)C1C. The molecule has 1 unspecified atom stereocenters. The van der Waals surface area contributed by atoms with Crippen LogP contribution in [0.5, 0.6) is 0 Å². The summed E-state index contributed by atoms with van der Waals surface area (Å²) in [5.74, 6) is -1.94. The standard InChI is InChI=1S/C10H15N3O4S/c1-6(2)9(14)11-8-7(3)10(15)13(12-8)5-18(4,16)17/h7H,1,5H2,2-4H3,(H,11,12,14). The third-order valence-corrected chi connectivity index (χ3v) is 2.96. The summed E-state index contributed by atoms with van der Waals surface area (Å²) in [4.78, 5) is 23.1. The van der Waals surface area contributed by atoms with Crippen LogP contribution in [0.25, 0.3) is 0 Å². The number of amidine groups is 1. The first-order valence-corrected chi connectivity index (χ1v) is 7.22. The van der Waals surface area contributed by atoms with Crippen LogP contribution >= 0.6 is 0 Å². The Hall–Kier alpha value is -1.70. The van der Waals surface area contributed by atoms with Crippen molar-refractivity contribution in [3.05, 3.63) is 12.2 Å². The van der Waals surface area contributed by atoms with Crippen molar-refractivity contribution in [3.8, 4) is 0 Å². The molecule has 0 fully saturated rings. The Morgan fingerprint density at radius 1 is 1.56 bits per heavy atom. The van der Waals surface area contributed by atoms with Crippen molar-refractivity contribution in [2.45, 2.75) is 13.8 Å². The maximum absolute atomic E-state index is 11.7. The second-order valence-electron chi connectivity index (χ2n) is 4.23. The van der Waals surface area contributed by atoms with E-state index in [9.17, 15) is 18.0 Å². The third kappa shape index (κ3) is 3.39. The van der Waals surface area contributed by atoms with Gasteiger partial charge in [-0.05, 0) is 13.8 Å². The average molecular weight is 273 g/mol. The van der Waals surface area contributed by atoms with Crippen LogP contribution < -0.4 is 5.32 Å². The highest BCUT2D eigenvalue weighted by Gasteiger charge is 2.34. The summed E-state index contributed by atoms with van der Waals surface area (Å²) in [7, 11) is -3.36. The van der Waals surface area contributed by atoms with Crippen molar-refractivity contribution in [3.63, 3.8) is 0 Å². The molecule has 0 aromatic carbocycles. The maximum Gasteiger partial charge on any atom is 0.254 e. The fourth-order valence-corrected chi connectivity index (χ4v) is 1.91. The molecule has 18 heavy (non-hydrogen) atoms. The molecule has 1 aliphatic rings. The molecule has 100 valence electrons. The average Bonchev–Trinajstić information content (AvgIpc) is 2.44. The summed E-state index contributed by atoms with van der Waals surface area (Å²) in [5.41, 5.74) is 0.277. The van der Waals surface area contributed by atoms with Gasteiger partial charge >= 0.3 is 0 Å². The zero-order valence-corrected chi connectivity index (χ0v) is 11.2. The van der Waals surface area contributed by atoms with E-state index >= 15 is 0 Å². The molecule has 1 aliphatic heterocycles. The molecule has 0 radical (unpaired) electrons. The summed E-state index contributed by atoms with van der Waals surface area (Å²) in [6.07, 6.45) is 1.00. The van der Waals surface area contributed by atoms with Crippen molar-refractivity contribution < 1.29 is 18.0 Å². The number of carbonyl (C=O) groups is 2. The molecule has 0 saturated carbocycles. The van der Waals surface area contributed by atoms with Gasteiger partial charge in [-0.25, -0.2) is 13.4 Å². The minimum Gasteiger partial charge on any atom is -0.308 e. The minimum atomic E-state index is -3.36. The van der Waals surface area contributed by atoms with Crippen LogP contribution in [0.3, 0.4) is 0 Å². The highest BCUT2D eigenvalue weighted by atomic mass is 32.2. The zero-order chi connectivity index (χ0) is 14.1. The number of nitrogens with zero attached hydrogens (tertiary/aromatic N) is 2. The first-order chi connectivity index (χ1) is 8.11. The Bertz CT molecular complexity index is 535. The lowest BCUT2D eigenvalue weighted by atomic mass is 10.1. The second kappa shape index (κ2) is 4.89. The summed E-state index contributed by atoms with van der Waals surface area (Å²) in [6.45, 7) is 6.52. The lowest BCUT2D eigenvalue weighted by Gasteiger charge is -2.10. The largest absolute Gasteiger partial charge is 0.308 e. The lowest BCUT2D eigenvalue weighted by Crippen LogP contribution is -2.35. The fourth-order valence-electron chi connectivity index (χ4n) is 1.28. The van der Waals surface area contributed by atoms with Gasteiger partial charge in [-0.3, -0.25) is 9.59 Å². The Morgan fingerprint density at radius 3 is 2.56 bits per heavy atom. The van der Waals surface area contributed by atoms with Gasteiger partial charge in [-0.15, -0.1) is 0 Å². The summed E-state index contributed by atoms with van der Waals surface area (Å²) in [5, 5.41) is 7.08. The molecule has 7 nitrogen and oxygen atoms in total. The zero-order valence-electron chi connectivity index (χ0n) is 10.4. The van der Waals surface area contributed by atoms with E-state index in [-0.39, 0.29) is 11.4 Å². The van der Waals surface area contributed by atoms with Crippen molar-refractivity contribution in [2.24, 2.45) is 11.0 Å². The molecule has 2 amide bonds. The molecule has 1 N–H and O–H groups in total. The number of hydrogen-bond acceptors (Lipinski definition) is 5. The molecule has 0 bridgehead atoms. The van der Waals surface area contributed by atoms with Crippen LogP contribution in [0.15, 0.2) is 17.3 Å². The normalized spacial score (nSPS) is 19.7. The smallest absolute Gasteiger partial charge is 0.254 e. The molecule has 1 heterocycles. The molecular formula is C10H15N3O4S. The molecule has 8 heteroatoms. The van der Waals surface area contributed by atoms with Crippen molar-refractivity contribution in [2.75, 3.05) is 12.1 Å². The van der Waals surface area contributed by atoms with Gasteiger partial charge in [0.05, 0.1) is 5.92 Å². The van der Waals surface area contributed by atoms with Crippen LogP contribution in [0.4, 0.5) is 0 Å². The van der Waals surface area contributed by atoms with E-state index in [1.54, 1.807) is 6.92 Å². The van der Waals surface area contributed by atoms with Gasteiger partial charge in [-0.2, -0.15) is 5.10 Å². The molecule has 0 spiro atoms. The quantitative estimate of drug-likeness (QED) is 0.699. The number of rotatable bonds is 3. The first-order valence-electron chi connectivity index (χ1n) is 5.16. The molecule has 0 saturated heterocycles. The predicted octanol–water partition coefficient (Wildman–Crippen LogP) is -0.527. The van der Waals surface area contributed by atoms with Crippen LogP contribution in [-0.2, 0) is 19.4 Å². The van der Waals surface area contributed by atoms with Gasteiger partial charge in [0.15, 0.2) is 9.84 Å². The van der Waals surface area contributed by atoms with Gasteiger partial charge in [0.1, 0.15) is 11.7 Å². The first kappa shape index (κ1) is 14.4. The Labute approximate surface area is 105 Å². The number of sulfone groups is 1. The van der Waals surface area contributed by atoms with E-state index in [1.165, 1.54) is 6.92 Å². The van der Waals surface area contributed by atoms with E-state index in [1.807, 2.05) is 0 Å². The molecule has 1 rings (SSSR count). The molecule has 0 aromatic heterocycles. The number of amides is 2. The summed E-state index contributed by atoms with van der Waals surface area (Å²) in [6, 6.07) is 0. The molecule has 0 aliphatic carbocycles. The number of hydrazone groups is 1. The molecule has 0 aromatic rings. The van der Waals surface area contributed by atoms with Crippen LogP contribution in [0.2, 0.25) is 0 Å². The van der Waals surface area contributed by atoms with Crippen molar-refractivity contribution in [1.82, 2.24) is 10.3 Å². The second-order valence-corrected chi connectivity index (χ2v) is 6.34. The topological polar surface area (TPSA) is 95.9 Å². The maximum atomic E-state index is 11.7. The number of hydrogen-bond donors (Lipinski definition) is 1. The minimum absolute atomic E-state index is 0.136. The third-order valence-electron chi connectivity index (χ3n) is 2.25. The van der Waals surface area contributed by atoms with E-state index in [0.29, 0.717) is 0 Å². The molecule has 1 atom stereocenters. The highest BCUT2D eigenvalue weighted by Crippen LogP contribution is 2.14. The number of nitrogens with one attached hydrogen (secondary N) is 1. The van der Waals surface area contributed by atoms with Gasteiger partial charge in [-0.1, -0.05) is 6.58 Å². The Balaban J connectivity index is 2.87. The van der Waals surface area contributed by atoms with Gasteiger partial charge in [0, 0.05) is 11.8 Å². The Morgan fingerprint density at radius 2 is 2.11 bits per heavy atom. The highest BCUT2D eigenvalue weighted by molar-refractivity contribution is 7.90.